The van der Waals surface area contributed by atoms with Crippen LogP contribution in [0.3, 0.4) is 0 Å². The summed E-state index contributed by atoms with van der Waals surface area (Å²) in [5, 5.41) is 10.5. The van der Waals surface area contributed by atoms with E-state index in [-0.39, 0.29) is 17.6 Å². The minimum Gasteiger partial charge on any atom is -0.391 e. The monoisotopic (exact) mass is 247 g/mol. The van der Waals surface area contributed by atoms with Crippen molar-refractivity contribution in [2.75, 3.05) is 7.05 Å². The highest BCUT2D eigenvalue weighted by molar-refractivity contribution is 5.14. The lowest BCUT2D eigenvalue weighted by Crippen LogP contribution is -2.50. The first-order chi connectivity index (χ1) is 8.50. The Morgan fingerprint density at radius 1 is 1.28 bits per heavy atom. The molecule has 1 fully saturated rings. The van der Waals surface area contributed by atoms with Gasteiger partial charge in [-0.2, -0.15) is 0 Å². The predicted octanol–water partition coefficient (Wildman–Crippen LogP) is 3.06. The van der Waals surface area contributed by atoms with Crippen LogP contribution in [0, 0.1) is 5.41 Å². The molecule has 2 rings (SSSR count). The average molecular weight is 247 g/mol. The standard InChI is InChI=1S/C16H25NO/c1-16(2)11-7-10-14(15(16)18)17(3)12-13-8-5-4-6-9-13/h4-6,8-9,14-15,18H,7,10-12H2,1-3H3. The zero-order chi connectivity index (χ0) is 13.2. The minimum atomic E-state index is -0.222. The van der Waals surface area contributed by atoms with Crippen molar-refractivity contribution in [1.82, 2.24) is 4.90 Å². The van der Waals surface area contributed by atoms with E-state index in [1.54, 1.807) is 0 Å². The van der Waals surface area contributed by atoms with Gasteiger partial charge in [-0.25, -0.2) is 0 Å². The van der Waals surface area contributed by atoms with Gasteiger partial charge in [0.1, 0.15) is 0 Å². The van der Waals surface area contributed by atoms with E-state index in [4.69, 9.17) is 0 Å². The summed E-state index contributed by atoms with van der Waals surface area (Å²) in [7, 11) is 2.13. The number of aliphatic hydroxyl groups is 1. The molecule has 100 valence electrons. The third-order valence-corrected chi connectivity index (χ3v) is 4.33. The molecule has 1 aliphatic carbocycles. The van der Waals surface area contributed by atoms with Crippen LogP contribution in [0.2, 0.25) is 0 Å². The fourth-order valence-electron chi connectivity index (χ4n) is 3.04. The van der Waals surface area contributed by atoms with Crippen LogP contribution in [-0.4, -0.2) is 29.2 Å². The van der Waals surface area contributed by atoms with Gasteiger partial charge in [-0.05, 0) is 30.9 Å². The molecule has 18 heavy (non-hydrogen) atoms. The maximum atomic E-state index is 10.5. The van der Waals surface area contributed by atoms with Gasteiger partial charge < -0.3 is 5.11 Å². The molecule has 2 atom stereocenters. The van der Waals surface area contributed by atoms with Crippen molar-refractivity contribution in [2.45, 2.75) is 51.8 Å². The van der Waals surface area contributed by atoms with E-state index in [9.17, 15) is 5.11 Å². The summed E-state index contributed by atoms with van der Waals surface area (Å²) >= 11 is 0. The summed E-state index contributed by atoms with van der Waals surface area (Å²) in [4.78, 5) is 2.31. The maximum absolute atomic E-state index is 10.5. The fourth-order valence-corrected chi connectivity index (χ4v) is 3.04. The number of hydrogen-bond donors (Lipinski definition) is 1. The Kier molecular flexibility index (Phi) is 4.08. The van der Waals surface area contributed by atoms with E-state index in [0.717, 1.165) is 19.4 Å². The highest BCUT2D eigenvalue weighted by Crippen LogP contribution is 2.37. The van der Waals surface area contributed by atoms with Crippen LogP contribution in [0.25, 0.3) is 0 Å². The minimum absolute atomic E-state index is 0.0495. The molecule has 0 amide bonds. The van der Waals surface area contributed by atoms with E-state index < -0.39 is 0 Å². The molecule has 0 radical (unpaired) electrons. The fraction of sp³-hybridized carbons (Fsp3) is 0.625. The van der Waals surface area contributed by atoms with Crippen LogP contribution in [0.5, 0.6) is 0 Å². The summed E-state index contributed by atoms with van der Waals surface area (Å²) in [6, 6.07) is 10.8. The van der Waals surface area contributed by atoms with Crippen LogP contribution in [0.4, 0.5) is 0 Å². The molecule has 0 aromatic heterocycles. The van der Waals surface area contributed by atoms with E-state index in [2.05, 4.69) is 50.1 Å². The topological polar surface area (TPSA) is 23.5 Å². The molecule has 2 unspecified atom stereocenters. The molecule has 1 aliphatic rings. The zero-order valence-electron chi connectivity index (χ0n) is 11.8. The third-order valence-electron chi connectivity index (χ3n) is 4.33. The summed E-state index contributed by atoms with van der Waals surface area (Å²) in [6.45, 7) is 5.28. The summed E-state index contributed by atoms with van der Waals surface area (Å²) in [5.74, 6) is 0. The molecule has 1 N–H and O–H groups in total. The molecule has 0 spiro atoms. The highest BCUT2D eigenvalue weighted by atomic mass is 16.3. The van der Waals surface area contributed by atoms with Crippen LogP contribution in [0.1, 0.15) is 38.7 Å². The van der Waals surface area contributed by atoms with Crippen LogP contribution in [-0.2, 0) is 6.54 Å². The number of aliphatic hydroxyl groups excluding tert-OH is 1. The Bertz CT molecular complexity index is 374. The largest absolute Gasteiger partial charge is 0.391 e. The van der Waals surface area contributed by atoms with Crippen molar-refractivity contribution in [3.63, 3.8) is 0 Å². The summed E-state index contributed by atoms with van der Waals surface area (Å²) in [6.07, 6.45) is 3.23. The first-order valence-corrected chi connectivity index (χ1v) is 6.93. The Morgan fingerprint density at radius 3 is 2.61 bits per heavy atom. The van der Waals surface area contributed by atoms with Gasteiger partial charge in [0.05, 0.1) is 6.10 Å². The van der Waals surface area contributed by atoms with Crippen molar-refractivity contribution in [3.8, 4) is 0 Å². The Labute approximate surface area is 111 Å². The molecule has 0 heterocycles. The zero-order valence-corrected chi connectivity index (χ0v) is 11.8. The smallest absolute Gasteiger partial charge is 0.0746 e. The number of likely N-dealkylation sites (N-methyl/N-ethyl adjacent to an activating group) is 1. The molecule has 0 saturated heterocycles. The quantitative estimate of drug-likeness (QED) is 0.887. The molecule has 1 aromatic rings. The maximum Gasteiger partial charge on any atom is 0.0746 e. The van der Waals surface area contributed by atoms with Gasteiger partial charge in [-0.15, -0.1) is 0 Å². The van der Waals surface area contributed by atoms with E-state index in [1.165, 1.54) is 12.0 Å². The summed E-state index contributed by atoms with van der Waals surface area (Å²) in [5.41, 5.74) is 1.36. The van der Waals surface area contributed by atoms with Crippen LogP contribution in [0.15, 0.2) is 30.3 Å². The molecule has 1 saturated carbocycles. The molecular formula is C16H25NO. The molecular weight excluding hydrogens is 222 g/mol. The molecule has 0 aliphatic heterocycles. The molecule has 1 aromatic carbocycles. The lowest BCUT2D eigenvalue weighted by Gasteiger charge is -2.44. The van der Waals surface area contributed by atoms with Gasteiger partial charge in [0, 0.05) is 12.6 Å². The SMILES string of the molecule is CN(Cc1ccccc1)C1CCCC(C)(C)C1O. The third kappa shape index (κ3) is 2.93. The van der Waals surface area contributed by atoms with Gasteiger partial charge in [-0.1, -0.05) is 50.6 Å². The second-order valence-corrected chi connectivity index (χ2v) is 6.29. The van der Waals surface area contributed by atoms with Gasteiger partial charge in [0.2, 0.25) is 0 Å². The van der Waals surface area contributed by atoms with Crippen molar-refractivity contribution in [2.24, 2.45) is 5.41 Å². The van der Waals surface area contributed by atoms with Crippen molar-refractivity contribution in [1.29, 1.82) is 0 Å². The first-order valence-electron chi connectivity index (χ1n) is 6.93. The van der Waals surface area contributed by atoms with Gasteiger partial charge in [0.25, 0.3) is 0 Å². The van der Waals surface area contributed by atoms with E-state index in [0.29, 0.717) is 0 Å². The second kappa shape index (κ2) is 5.41. The Morgan fingerprint density at radius 2 is 1.94 bits per heavy atom. The Hall–Kier alpha value is -0.860. The van der Waals surface area contributed by atoms with Crippen molar-refractivity contribution in [3.05, 3.63) is 35.9 Å². The average Bonchev–Trinajstić information content (AvgIpc) is 2.34. The van der Waals surface area contributed by atoms with Crippen LogP contribution < -0.4 is 0 Å². The lowest BCUT2D eigenvalue weighted by molar-refractivity contribution is -0.0524. The highest BCUT2D eigenvalue weighted by Gasteiger charge is 2.39. The van der Waals surface area contributed by atoms with Crippen LogP contribution >= 0.6 is 0 Å². The summed E-state index contributed by atoms with van der Waals surface area (Å²) < 4.78 is 0. The van der Waals surface area contributed by atoms with Crippen molar-refractivity contribution < 1.29 is 5.11 Å². The van der Waals surface area contributed by atoms with Gasteiger partial charge >= 0.3 is 0 Å². The predicted molar refractivity (Wildman–Crippen MR) is 75.3 cm³/mol. The number of rotatable bonds is 3. The first kappa shape index (κ1) is 13.6. The number of hydrogen-bond acceptors (Lipinski definition) is 2. The molecule has 2 nitrogen and oxygen atoms in total. The second-order valence-electron chi connectivity index (χ2n) is 6.29. The molecule has 2 heteroatoms. The lowest BCUT2D eigenvalue weighted by atomic mass is 9.72. The Balaban J connectivity index is 2.02. The normalized spacial score (nSPS) is 27.4. The number of nitrogens with zero attached hydrogens (tertiary/aromatic N) is 1. The van der Waals surface area contributed by atoms with E-state index in [1.807, 2.05) is 6.07 Å². The van der Waals surface area contributed by atoms with Gasteiger partial charge in [0.15, 0.2) is 0 Å². The van der Waals surface area contributed by atoms with Gasteiger partial charge in [-0.3, -0.25) is 4.90 Å². The molecule has 0 bridgehead atoms. The number of benzene rings is 1. The van der Waals surface area contributed by atoms with Crippen molar-refractivity contribution >= 4 is 0 Å². The van der Waals surface area contributed by atoms with E-state index >= 15 is 0 Å².